The van der Waals surface area contributed by atoms with Crippen molar-refractivity contribution in [2.24, 2.45) is 0 Å². The van der Waals surface area contributed by atoms with Crippen molar-refractivity contribution in [2.75, 3.05) is 23.8 Å². The lowest BCUT2D eigenvalue weighted by atomic mass is 10.1. The van der Waals surface area contributed by atoms with E-state index >= 15 is 0 Å². The minimum absolute atomic E-state index is 0.0195. The van der Waals surface area contributed by atoms with E-state index in [0.717, 1.165) is 0 Å². The zero-order valence-corrected chi connectivity index (χ0v) is 33.1. The monoisotopic (exact) mass is 699 g/mol. The Bertz CT molecular complexity index is 1440. The van der Waals surface area contributed by atoms with Crippen molar-refractivity contribution < 1.29 is 22.1 Å². The molecular weight excluding hydrogens is 646 g/mol. The van der Waals surface area contributed by atoms with Crippen LogP contribution in [0.3, 0.4) is 0 Å². The molecule has 0 saturated carbocycles. The number of anilines is 2. The highest BCUT2D eigenvalue weighted by atomic mass is 35.5. The summed E-state index contributed by atoms with van der Waals surface area (Å²) < 4.78 is 41.4. The number of carbonyl (C=O) groups excluding carboxylic acids is 1. The summed E-state index contributed by atoms with van der Waals surface area (Å²) in [6.45, 7) is 30.0. The van der Waals surface area contributed by atoms with Gasteiger partial charge in [0.25, 0.3) is 5.91 Å². The molecule has 0 spiro atoms. The van der Waals surface area contributed by atoms with Gasteiger partial charge in [0.1, 0.15) is 5.82 Å². The molecule has 0 radical (unpaired) electrons. The molecule has 10 nitrogen and oxygen atoms in total. The Balaban J connectivity index is 2.31. The van der Waals surface area contributed by atoms with E-state index in [-0.39, 0.29) is 31.5 Å². The lowest BCUT2D eigenvalue weighted by Gasteiger charge is -2.43. The molecule has 1 aromatic carbocycles. The van der Waals surface area contributed by atoms with Crippen molar-refractivity contribution >= 4 is 55.7 Å². The molecule has 0 aliphatic rings. The standard InChI is InChI=1S/C31H54ClN5O5SSi2/c1-28(2,3)37-43(39,40)23-17-15-16-22(18-23)34-27(38)25-26(32)35-24(19-33-25)36-31(10,20-41-44(11,12)29(4,5)6)21-42-45(13,14)30(7,8)9/h15-19,37H,20-21H2,1-14H3,(H,34,38)(H,35,36). The van der Waals surface area contributed by atoms with Gasteiger partial charge in [0.15, 0.2) is 27.5 Å². The van der Waals surface area contributed by atoms with Crippen LogP contribution in [0.15, 0.2) is 35.4 Å². The zero-order valence-electron chi connectivity index (χ0n) is 29.5. The molecule has 1 amide bonds. The van der Waals surface area contributed by atoms with Crippen molar-refractivity contribution in [1.82, 2.24) is 14.7 Å². The molecule has 254 valence electrons. The molecule has 2 aromatic rings. The molecule has 14 heteroatoms. The van der Waals surface area contributed by atoms with Gasteiger partial charge in [-0.2, -0.15) is 0 Å². The number of hydrogen-bond acceptors (Lipinski definition) is 8. The Hall–Kier alpha value is -1.88. The van der Waals surface area contributed by atoms with E-state index in [1.54, 1.807) is 32.9 Å². The first-order valence-electron chi connectivity index (χ1n) is 15.1. The highest BCUT2D eigenvalue weighted by Gasteiger charge is 2.42. The second-order valence-electron chi connectivity index (χ2n) is 16.0. The summed E-state index contributed by atoms with van der Waals surface area (Å²) in [6, 6.07) is 5.96. The van der Waals surface area contributed by atoms with Gasteiger partial charge in [0.05, 0.1) is 29.8 Å². The summed E-state index contributed by atoms with van der Waals surface area (Å²) >= 11 is 6.49. The number of rotatable bonds is 12. The van der Waals surface area contributed by atoms with E-state index in [1.165, 1.54) is 18.3 Å². The normalized spacial score (nSPS) is 13.9. The van der Waals surface area contributed by atoms with E-state index in [0.29, 0.717) is 19.0 Å². The molecule has 2 rings (SSSR count). The van der Waals surface area contributed by atoms with Crippen LogP contribution in [-0.2, 0) is 18.9 Å². The van der Waals surface area contributed by atoms with Gasteiger partial charge in [-0.25, -0.2) is 23.1 Å². The fourth-order valence-electron chi connectivity index (χ4n) is 3.51. The number of carbonyl (C=O) groups is 1. The SMILES string of the molecule is CC(C)(C)NS(=O)(=O)c1cccc(NC(=O)c2ncc(NC(C)(CO[Si](C)(C)C(C)(C)C)CO[Si](C)(C)C(C)(C)C)nc2Cl)c1. The molecular formula is C31H54ClN5O5SSi2. The predicted octanol–water partition coefficient (Wildman–Crippen LogP) is 7.67. The Morgan fingerprint density at radius 1 is 0.889 bits per heavy atom. The number of sulfonamides is 1. The van der Waals surface area contributed by atoms with Crippen LogP contribution in [0.1, 0.15) is 79.7 Å². The smallest absolute Gasteiger partial charge is 0.277 e. The maximum Gasteiger partial charge on any atom is 0.277 e. The van der Waals surface area contributed by atoms with E-state index in [4.69, 9.17) is 20.5 Å². The lowest BCUT2D eigenvalue weighted by molar-refractivity contribution is 0.102. The number of amides is 1. The Kier molecular flexibility index (Phi) is 12.0. The molecule has 1 heterocycles. The zero-order chi connectivity index (χ0) is 34.9. The van der Waals surface area contributed by atoms with Crippen LogP contribution in [0.2, 0.25) is 41.4 Å². The van der Waals surface area contributed by atoms with Gasteiger partial charge in [-0.05, 0) is 82.2 Å². The number of hydrogen-bond donors (Lipinski definition) is 3. The minimum atomic E-state index is -3.80. The first-order chi connectivity index (χ1) is 20.1. The number of nitrogens with zero attached hydrogens (tertiary/aromatic N) is 2. The van der Waals surface area contributed by atoms with Crippen molar-refractivity contribution in [3.63, 3.8) is 0 Å². The van der Waals surface area contributed by atoms with Gasteiger partial charge in [-0.3, -0.25) is 4.79 Å². The molecule has 0 fully saturated rings. The van der Waals surface area contributed by atoms with Gasteiger partial charge in [-0.1, -0.05) is 59.2 Å². The Morgan fingerprint density at radius 2 is 1.40 bits per heavy atom. The molecule has 3 N–H and O–H groups in total. The van der Waals surface area contributed by atoms with Gasteiger partial charge in [-0.15, -0.1) is 0 Å². The van der Waals surface area contributed by atoms with Crippen LogP contribution in [0.25, 0.3) is 0 Å². The minimum Gasteiger partial charge on any atom is -0.414 e. The second-order valence-corrected chi connectivity index (χ2v) is 27.7. The van der Waals surface area contributed by atoms with Crippen LogP contribution in [0.4, 0.5) is 11.5 Å². The molecule has 45 heavy (non-hydrogen) atoms. The fraction of sp³-hybridized carbons (Fsp3) is 0.645. The maximum absolute atomic E-state index is 13.1. The number of nitrogens with one attached hydrogen (secondary N) is 3. The topological polar surface area (TPSA) is 132 Å². The summed E-state index contributed by atoms with van der Waals surface area (Å²) in [5.74, 6) is -0.249. The molecule has 0 saturated heterocycles. The average molecular weight is 700 g/mol. The maximum atomic E-state index is 13.1. The third-order valence-electron chi connectivity index (χ3n) is 8.33. The van der Waals surface area contributed by atoms with E-state index in [9.17, 15) is 13.2 Å². The molecule has 0 aliphatic carbocycles. The van der Waals surface area contributed by atoms with E-state index < -0.39 is 43.6 Å². The largest absolute Gasteiger partial charge is 0.414 e. The van der Waals surface area contributed by atoms with Crippen LogP contribution < -0.4 is 15.4 Å². The van der Waals surface area contributed by atoms with Crippen molar-refractivity contribution in [1.29, 1.82) is 0 Å². The van der Waals surface area contributed by atoms with Crippen LogP contribution in [-0.4, -0.2) is 65.2 Å². The third-order valence-corrected chi connectivity index (χ3v) is 19.3. The molecule has 0 bridgehead atoms. The van der Waals surface area contributed by atoms with Crippen molar-refractivity contribution in [2.45, 2.75) is 121 Å². The van der Waals surface area contributed by atoms with Crippen LogP contribution in [0, 0.1) is 0 Å². The van der Waals surface area contributed by atoms with E-state index in [2.05, 4.69) is 93.1 Å². The summed E-state index contributed by atoms with van der Waals surface area (Å²) in [5, 5.41) is 6.06. The second kappa shape index (κ2) is 13.7. The van der Waals surface area contributed by atoms with Crippen molar-refractivity contribution in [3.05, 3.63) is 41.3 Å². The van der Waals surface area contributed by atoms with Gasteiger partial charge in [0, 0.05) is 11.2 Å². The highest BCUT2D eigenvalue weighted by molar-refractivity contribution is 7.89. The number of halogens is 1. The molecule has 0 aliphatic heterocycles. The number of benzene rings is 1. The van der Waals surface area contributed by atoms with Crippen LogP contribution in [0.5, 0.6) is 0 Å². The molecule has 1 aromatic heterocycles. The highest BCUT2D eigenvalue weighted by Crippen LogP contribution is 2.39. The Morgan fingerprint density at radius 3 is 1.84 bits per heavy atom. The van der Waals surface area contributed by atoms with Gasteiger partial charge in [0.2, 0.25) is 10.0 Å². The fourth-order valence-corrected chi connectivity index (χ4v) is 7.42. The number of aromatic nitrogens is 2. The first kappa shape index (κ1) is 39.3. The Labute approximate surface area is 278 Å². The van der Waals surface area contributed by atoms with Gasteiger partial charge >= 0.3 is 0 Å². The van der Waals surface area contributed by atoms with Crippen molar-refractivity contribution in [3.8, 4) is 0 Å². The predicted molar refractivity (Wildman–Crippen MR) is 190 cm³/mol. The summed E-state index contributed by atoms with van der Waals surface area (Å²) in [4.78, 5) is 21.9. The van der Waals surface area contributed by atoms with Crippen LogP contribution >= 0.6 is 11.6 Å². The molecule has 0 unspecified atom stereocenters. The summed E-state index contributed by atoms with van der Waals surface area (Å²) in [6.07, 6.45) is 1.45. The molecule has 0 atom stereocenters. The van der Waals surface area contributed by atoms with E-state index in [1.807, 2.05) is 6.92 Å². The quantitative estimate of drug-likeness (QED) is 0.192. The van der Waals surface area contributed by atoms with Gasteiger partial charge < -0.3 is 19.5 Å². The summed E-state index contributed by atoms with van der Waals surface area (Å²) in [5.41, 5.74) is -1.16. The third kappa shape index (κ3) is 11.1. The summed E-state index contributed by atoms with van der Waals surface area (Å²) in [7, 11) is -7.96. The lowest BCUT2D eigenvalue weighted by Crippen LogP contribution is -2.53. The average Bonchev–Trinajstić information content (AvgIpc) is 2.84. The first-order valence-corrected chi connectivity index (χ1v) is 22.8.